The van der Waals surface area contributed by atoms with Gasteiger partial charge in [0, 0.05) is 0 Å². The Kier molecular flexibility index (Phi) is 4.42. The number of halogens is 2. The Morgan fingerprint density at radius 3 is 2.80 bits per heavy atom. The number of furan rings is 1. The van der Waals surface area contributed by atoms with Crippen LogP contribution < -0.4 is 5.32 Å². The number of nitrogens with one attached hydrogen (secondary N) is 1. The predicted octanol–water partition coefficient (Wildman–Crippen LogP) is 2.84. The monoisotopic (exact) mass is 297 g/mol. The highest BCUT2D eigenvalue weighted by Gasteiger charge is 2.18. The highest BCUT2D eigenvalue weighted by molar-refractivity contribution is 6.30. The van der Waals surface area contributed by atoms with Crippen molar-refractivity contribution in [2.45, 2.75) is 13.0 Å². The molecule has 0 aliphatic carbocycles. The molecule has 1 aromatic carbocycles. The Labute approximate surface area is 120 Å². The first kappa shape index (κ1) is 14.6. The van der Waals surface area contributed by atoms with Crippen molar-refractivity contribution in [2.24, 2.45) is 0 Å². The molecule has 2 rings (SSSR count). The molecule has 1 heterocycles. The van der Waals surface area contributed by atoms with Crippen LogP contribution in [0.5, 0.6) is 0 Å². The van der Waals surface area contributed by atoms with Crippen molar-refractivity contribution in [1.29, 1.82) is 0 Å². The van der Waals surface area contributed by atoms with Gasteiger partial charge in [-0.2, -0.15) is 0 Å². The maximum atomic E-state index is 13.4. The normalized spacial score (nSPS) is 12.2. The lowest BCUT2D eigenvalue weighted by atomic mass is 10.1. The number of benzene rings is 1. The first-order chi connectivity index (χ1) is 9.52. The number of carbonyl (C=O) groups excluding carboxylic acids is 1. The summed E-state index contributed by atoms with van der Waals surface area (Å²) in [6, 6.07) is 4.93. The maximum Gasteiger partial charge on any atom is 0.255 e. The van der Waals surface area contributed by atoms with Gasteiger partial charge >= 0.3 is 0 Å². The number of hydrogen-bond acceptors (Lipinski definition) is 3. The van der Waals surface area contributed by atoms with E-state index >= 15 is 0 Å². The second kappa shape index (κ2) is 6.07. The molecule has 2 aromatic rings. The molecule has 4 nitrogen and oxygen atoms in total. The second-order valence-electron chi connectivity index (χ2n) is 4.27. The van der Waals surface area contributed by atoms with Crippen molar-refractivity contribution in [3.63, 3.8) is 0 Å². The van der Waals surface area contributed by atoms with Gasteiger partial charge in [-0.05, 0) is 30.7 Å². The van der Waals surface area contributed by atoms with Gasteiger partial charge in [0.05, 0.1) is 29.5 Å². The molecular weight excluding hydrogens is 285 g/mol. The van der Waals surface area contributed by atoms with Crippen molar-refractivity contribution in [1.82, 2.24) is 5.32 Å². The standard InChI is InChI=1S/C14H13ClFNO3/c1-8-10(4-5-20-8)14(19)17-13(7-18)9-2-3-11(15)12(16)6-9/h2-6,13,18H,7H2,1H3,(H,17,19). The molecule has 0 fully saturated rings. The minimum atomic E-state index is -0.719. The fraction of sp³-hybridized carbons (Fsp3) is 0.214. The topological polar surface area (TPSA) is 62.5 Å². The van der Waals surface area contributed by atoms with Crippen LogP contribution in [-0.4, -0.2) is 17.6 Å². The van der Waals surface area contributed by atoms with Gasteiger partial charge in [-0.1, -0.05) is 17.7 Å². The number of aliphatic hydroxyl groups is 1. The third kappa shape index (κ3) is 3.00. The van der Waals surface area contributed by atoms with Gasteiger partial charge in [0.1, 0.15) is 11.6 Å². The number of rotatable bonds is 4. The summed E-state index contributed by atoms with van der Waals surface area (Å²) < 4.78 is 18.5. The van der Waals surface area contributed by atoms with Crippen LogP contribution in [-0.2, 0) is 0 Å². The second-order valence-corrected chi connectivity index (χ2v) is 4.68. The zero-order valence-electron chi connectivity index (χ0n) is 10.7. The fourth-order valence-corrected chi connectivity index (χ4v) is 1.94. The molecule has 0 aliphatic rings. The van der Waals surface area contributed by atoms with E-state index in [1.807, 2.05) is 0 Å². The zero-order chi connectivity index (χ0) is 14.7. The highest BCUT2D eigenvalue weighted by Crippen LogP contribution is 2.21. The Balaban J connectivity index is 2.19. The van der Waals surface area contributed by atoms with E-state index in [-0.39, 0.29) is 11.6 Å². The summed E-state index contributed by atoms with van der Waals surface area (Å²) in [5.74, 6) is -0.525. The number of aryl methyl sites for hydroxylation is 1. The minimum absolute atomic E-state index is 0.0116. The largest absolute Gasteiger partial charge is 0.469 e. The Bertz CT molecular complexity index is 627. The average Bonchev–Trinajstić information content (AvgIpc) is 2.85. The van der Waals surface area contributed by atoms with Crippen molar-refractivity contribution in [3.05, 3.63) is 58.3 Å². The first-order valence-corrected chi connectivity index (χ1v) is 6.31. The number of amides is 1. The lowest BCUT2D eigenvalue weighted by Crippen LogP contribution is -2.31. The smallest absolute Gasteiger partial charge is 0.255 e. The minimum Gasteiger partial charge on any atom is -0.469 e. The van der Waals surface area contributed by atoms with Crippen molar-refractivity contribution in [2.75, 3.05) is 6.61 Å². The lowest BCUT2D eigenvalue weighted by molar-refractivity contribution is 0.0914. The third-order valence-electron chi connectivity index (χ3n) is 2.94. The number of carbonyl (C=O) groups is 1. The summed E-state index contributed by atoms with van der Waals surface area (Å²) in [5.41, 5.74) is 0.807. The van der Waals surface area contributed by atoms with Gasteiger partial charge in [-0.3, -0.25) is 4.79 Å². The van der Waals surface area contributed by atoms with E-state index in [4.69, 9.17) is 16.0 Å². The van der Waals surface area contributed by atoms with Crippen LogP contribution in [0.2, 0.25) is 5.02 Å². The SMILES string of the molecule is Cc1occc1C(=O)NC(CO)c1ccc(Cl)c(F)c1. The summed E-state index contributed by atoms with van der Waals surface area (Å²) in [6.07, 6.45) is 1.40. The lowest BCUT2D eigenvalue weighted by Gasteiger charge is -2.16. The molecule has 6 heteroatoms. The van der Waals surface area contributed by atoms with Crippen LogP contribution in [0.1, 0.15) is 27.7 Å². The van der Waals surface area contributed by atoms with E-state index in [1.165, 1.54) is 24.5 Å². The fourth-order valence-electron chi connectivity index (χ4n) is 1.82. The molecule has 1 amide bonds. The summed E-state index contributed by atoms with van der Waals surface area (Å²) in [4.78, 5) is 12.0. The molecule has 1 aromatic heterocycles. The molecule has 0 spiro atoms. The molecular formula is C14H13ClFNO3. The quantitative estimate of drug-likeness (QED) is 0.912. The van der Waals surface area contributed by atoms with Gasteiger partial charge in [-0.25, -0.2) is 4.39 Å². The van der Waals surface area contributed by atoms with Crippen LogP contribution >= 0.6 is 11.6 Å². The molecule has 2 N–H and O–H groups in total. The summed E-state index contributed by atoms with van der Waals surface area (Å²) >= 11 is 5.60. The average molecular weight is 298 g/mol. The van der Waals surface area contributed by atoms with Crippen LogP contribution in [0.4, 0.5) is 4.39 Å². The van der Waals surface area contributed by atoms with E-state index in [1.54, 1.807) is 13.0 Å². The Hall–Kier alpha value is -1.85. The van der Waals surface area contributed by atoms with Crippen LogP contribution in [0, 0.1) is 12.7 Å². The van der Waals surface area contributed by atoms with Crippen molar-refractivity contribution >= 4 is 17.5 Å². The molecule has 1 atom stereocenters. The van der Waals surface area contributed by atoms with Gasteiger partial charge in [0.25, 0.3) is 5.91 Å². The van der Waals surface area contributed by atoms with Crippen LogP contribution in [0.3, 0.4) is 0 Å². The molecule has 0 aliphatic heterocycles. The van der Waals surface area contributed by atoms with E-state index < -0.39 is 17.8 Å². The molecule has 106 valence electrons. The Morgan fingerprint density at radius 2 is 2.25 bits per heavy atom. The molecule has 0 bridgehead atoms. The molecule has 20 heavy (non-hydrogen) atoms. The number of aliphatic hydroxyl groups excluding tert-OH is 1. The summed E-state index contributed by atoms with van der Waals surface area (Å²) in [5, 5.41) is 12.0. The van der Waals surface area contributed by atoms with Gasteiger partial charge < -0.3 is 14.8 Å². The maximum absolute atomic E-state index is 13.4. The molecule has 0 saturated carbocycles. The zero-order valence-corrected chi connectivity index (χ0v) is 11.4. The molecule has 0 radical (unpaired) electrons. The van der Waals surface area contributed by atoms with E-state index in [9.17, 15) is 14.3 Å². The van der Waals surface area contributed by atoms with Gasteiger partial charge in [0.2, 0.25) is 0 Å². The van der Waals surface area contributed by atoms with Crippen LogP contribution in [0.25, 0.3) is 0 Å². The Morgan fingerprint density at radius 1 is 1.50 bits per heavy atom. The molecule has 0 saturated heterocycles. The van der Waals surface area contributed by atoms with Crippen molar-refractivity contribution < 1.29 is 18.7 Å². The third-order valence-corrected chi connectivity index (χ3v) is 3.24. The van der Waals surface area contributed by atoms with E-state index in [0.717, 1.165) is 0 Å². The van der Waals surface area contributed by atoms with E-state index in [0.29, 0.717) is 16.9 Å². The van der Waals surface area contributed by atoms with E-state index in [2.05, 4.69) is 5.32 Å². The van der Waals surface area contributed by atoms with Gasteiger partial charge in [0.15, 0.2) is 0 Å². The predicted molar refractivity (Wildman–Crippen MR) is 72.1 cm³/mol. The van der Waals surface area contributed by atoms with Gasteiger partial charge in [-0.15, -0.1) is 0 Å². The summed E-state index contributed by atoms with van der Waals surface area (Å²) in [6.45, 7) is 1.30. The first-order valence-electron chi connectivity index (χ1n) is 5.93. The highest BCUT2D eigenvalue weighted by atomic mass is 35.5. The van der Waals surface area contributed by atoms with Crippen molar-refractivity contribution in [3.8, 4) is 0 Å². The van der Waals surface area contributed by atoms with Crippen LogP contribution in [0.15, 0.2) is 34.9 Å². The summed E-state index contributed by atoms with van der Waals surface area (Å²) in [7, 11) is 0. The molecule has 1 unspecified atom stereocenters. The number of hydrogen-bond donors (Lipinski definition) is 2.